The molecule has 1 rings (SSSR count). The molecule has 0 radical (unpaired) electrons. The molecule has 14 heteroatoms. The van der Waals surface area contributed by atoms with Gasteiger partial charge in [0.15, 0.2) is 18.5 Å². The largest absolute Gasteiger partial charge is 0.480 e. The number of aliphatic carboxylic acids is 1. The molecular weight excluding hydrogens is 486 g/mol. The molecule has 0 bridgehead atoms. The molecule has 14 nitrogen and oxygen atoms in total. The fraction of sp³-hybridized carbons (Fsp3) is 0.818. The summed E-state index contributed by atoms with van der Waals surface area (Å²) in [6, 6.07) is -0.970. The van der Waals surface area contributed by atoms with Gasteiger partial charge in [0, 0.05) is 27.4 Å². The summed E-state index contributed by atoms with van der Waals surface area (Å²) in [7, 11) is 0. The first-order chi connectivity index (χ1) is 17.1. The standard InChI is InChI=1S/C22H37NO13/c1-5-29-12-17-20(34-15(3)25)21(35-16(4)26)19(23-14(2)24)22(36-17)33-11-10-31-7-6-30-8-9-32-13-18(27)28/h17,19-22H,5-13H2,1-4H3,(H,23,24)(H,27,28)/t17-,19-,20+,21-,22-/m1/s1. The zero-order chi connectivity index (χ0) is 26.9. The number of hydrogen-bond acceptors (Lipinski definition) is 12. The van der Waals surface area contributed by atoms with Crippen LogP contribution in [0, 0.1) is 0 Å². The number of carbonyl (C=O) groups is 4. The highest BCUT2D eigenvalue weighted by Crippen LogP contribution is 2.27. The van der Waals surface area contributed by atoms with E-state index in [2.05, 4.69) is 5.32 Å². The van der Waals surface area contributed by atoms with E-state index in [1.165, 1.54) is 20.8 Å². The lowest BCUT2D eigenvalue weighted by atomic mass is 9.96. The quantitative estimate of drug-likeness (QED) is 0.170. The minimum absolute atomic E-state index is 0.0306. The molecule has 0 unspecified atom stereocenters. The Morgan fingerprint density at radius 2 is 1.36 bits per heavy atom. The van der Waals surface area contributed by atoms with Crippen molar-refractivity contribution < 1.29 is 62.2 Å². The summed E-state index contributed by atoms with van der Waals surface area (Å²) in [4.78, 5) is 45.8. The molecular formula is C22H37NO13. The average Bonchev–Trinajstić information content (AvgIpc) is 2.78. The summed E-state index contributed by atoms with van der Waals surface area (Å²) in [6.07, 6.45) is -4.01. The van der Waals surface area contributed by atoms with Crippen LogP contribution in [0.3, 0.4) is 0 Å². The minimum atomic E-state index is -1.09. The van der Waals surface area contributed by atoms with E-state index in [1.54, 1.807) is 6.92 Å². The van der Waals surface area contributed by atoms with Crippen molar-refractivity contribution in [2.45, 2.75) is 58.3 Å². The summed E-state index contributed by atoms with van der Waals surface area (Å²) < 4.78 is 43.5. The van der Waals surface area contributed by atoms with Crippen LogP contribution in [0.25, 0.3) is 0 Å². The lowest BCUT2D eigenvalue weighted by Gasteiger charge is -2.45. The molecule has 208 valence electrons. The lowest BCUT2D eigenvalue weighted by molar-refractivity contribution is -0.280. The highest BCUT2D eigenvalue weighted by Gasteiger charge is 2.50. The second-order valence-electron chi connectivity index (χ2n) is 7.62. The van der Waals surface area contributed by atoms with Gasteiger partial charge in [0.1, 0.15) is 18.8 Å². The second kappa shape index (κ2) is 18.0. The van der Waals surface area contributed by atoms with Gasteiger partial charge in [-0.3, -0.25) is 14.4 Å². The van der Waals surface area contributed by atoms with Crippen LogP contribution in [0.4, 0.5) is 0 Å². The van der Waals surface area contributed by atoms with Gasteiger partial charge in [0.25, 0.3) is 0 Å². The van der Waals surface area contributed by atoms with Crippen LogP contribution in [-0.2, 0) is 57.1 Å². The van der Waals surface area contributed by atoms with E-state index in [9.17, 15) is 19.2 Å². The van der Waals surface area contributed by atoms with Crippen molar-refractivity contribution in [3.8, 4) is 0 Å². The molecule has 1 fully saturated rings. The molecule has 1 heterocycles. The summed E-state index contributed by atoms with van der Waals surface area (Å²) in [6.45, 7) is 6.61. The van der Waals surface area contributed by atoms with Gasteiger partial charge in [0.2, 0.25) is 5.91 Å². The fourth-order valence-corrected chi connectivity index (χ4v) is 3.29. The minimum Gasteiger partial charge on any atom is -0.480 e. The van der Waals surface area contributed by atoms with Crippen molar-refractivity contribution in [3.05, 3.63) is 0 Å². The topological polar surface area (TPSA) is 174 Å². The summed E-state index contributed by atoms with van der Waals surface area (Å²) in [5.74, 6) is -2.74. The first kappa shape index (κ1) is 31.7. The van der Waals surface area contributed by atoms with Gasteiger partial charge in [-0.25, -0.2) is 4.79 Å². The van der Waals surface area contributed by atoms with Gasteiger partial charge in [0.05, 0.1) is 46.2 Å². The predicted octanol–water partition coefficient (Wildman–Crippen LogP) is -0.733. The van der Waals surface area contributed by atoms with E-state index in [1.807, 2.05) is 0 Å². The van der Waals surface area contributed by atoms with E-state index in [4.69, 9.17) is 43.0 Å². The molecule has 1 saturated heterocycles. The Bertz CT molecular complexity index is 689. The maximum absolute atomic E-state index is 11.9. The van der Waals surface area contributed by atoms with Crippen LogP contribution in [-0.4, -0.2) is 119 Å². The maximum atomic E-state index is 11.9. The lowest BCUT2D eigenvalue weighted by Crippen LogP contribution is -2.66. The van der Waals surface area contributed by atoms with Crippen LogP contribution >= 0.6 is 0 Å². The van der Waals surface area contributed by atoms with Gasteiger partial charge >= 0.3 is 17.9 Å². The van der Waals surface area contributed by atoms with Crippen LogP contribution < -0.4 is 5.32 Å². The number of amides is 1. The Hall–Kier alpha value is -2.36. The smallest absolute Gasteiger partial charge is 0.329 e. The van der Waals surface area contributed by atoms with Crippen molar-refractivity contribution >= 4 is 23.8 Å². The molecule has 1 aliphatic heterocycles. The van der Waals surface area contributed by atoms with Crippen LogP contribution in [0.1, 0.15) is 27.7 Å². The SMILES string of the molecule is CCOC[C@H]1O[C@@H](OCCOCCOCCOCC(=O)O)[C@H](NC(C)=O)[C@@H](OC(C)=O)[C@H]1OC(C)=O. The average molecular weight is 524 g/mol. The molecule has 1 aliphatic rings. The maximum Gasteiger partial charge on any atom is 0.329 e. The highest BCUT2D eigenvalue weighted by molar-refractivity contribution is 5.73. The Morgan fingerprint density at radius 1 is 0.806 bits per heavy atom. The third-order valence-electron chi connectivity index (χ3n) is 4.59. The van der Waals surface area contributed by atoms with Gasteiger partial charge in [-0.15, -0.1) is 0 Å². The third kappa shape index (κ3) is 13.1. The number of carboxylic acid groups (broad SMARTS) is 1. The van der Waals surface area contributed by atoms with Crippen molar-refractivity contribution in [1.29, 1.82) is 0 Å². The highest BCUT2D eigenvalue weighted by atomic mass is 16.7. The third-order valence-corrected chi connectivity index (χ3v) is 4.59. The Labute approximate surface area is 209 Å². The summed E-state index contributed by atoms with van der Waals surface area (Å²) in [5.41, 5.74) is 0. The Balaban J connectivity index is 2.67. The van der Waals surface area contributed by atoms with E-state index >= 15 is 0 Å². The van der Waals surface area contributed by atoms with Crippen molar-refractivity contribution in [2.75, 3.05) is 59.5 Å². The van der Waals surface area contributed by atoms with Crippen LogP contribution in [0.2, 0.25) is 0 Å². The van der Waals surface area contributed by atoms with E-state index in [0.29, 0.717) is 6.61 Å². The molecule has 0 aromatic carbocycles. The molecule has 2 N–H and O–H groups in total. The molecule has 5 atom stereocenters. The summed E-state index contributed by atoms with van der Waals surface area (Å²) in [5, 5.41) is 11.1. The molecule has 0 aromatic heterocycles. The van der Waals surface area contributed by atoms with Gasteiger partial charge < -0.3 is 48.3 Å². The Kier molecular flexibility index (Phi) is 15.8. The van der Waals surface area contributed by atoms with Crippen LogP contribution in [0.15, 0.2) is 0 Å². The molecule has 0 saturated carbocycles. The number of esters is 2. The molecule has 0 aromatic rings. The number of rotatable bonds is 18. The number of carbonyl (C=O) groups excluding carboxylic acids is 3. The van der Waals surface area contributed by atoms with Gasteiger partial charge in [-0.2, -0.15) is 0 Å². The first-order valence-electron chi connectivity index (χ1n) is 11.6. The number of carboxylic acids is 1. The zero-order valence-corrected chi connectivity index (χ0v) is 21.1. The van der Waals surface area contributed by atoms with Crippen LogP contribution in [0.5, 0.6) is 0 Å². The molecule has 0 spiro atoms. The second-order valence-corrected chi connectivity index (χ2v) is 7.62. The number of nitrogens with one attached hydrogen (secondary N) is 1. The first-order valence-corrected chi connectivity index (χ1v) is 11.6. The van der Waals surface area contributed by atoms with Gasteiger partial charge in [-0.1, -0.05) is 0 Å². The number of ether oxygens (including phenoxy) is 8. The molecule has 0 aliphatic carbocycles. The van der Waals surface area contributed by atoms with Crippen molar-refractivity contribution in [3.63, 3.8) is 0 Å². The number of hydrogen-bond donors (Lipinski definition) is 2. The summed E-state index contributed by atoms with van der Waals surface area (Å²) >= 11 is 0. The van der Waals surface area contributed by atoms with E-state index < -0.39 is 54.5 Å². The van der Waals surface area contributed by atoms with E-state index in [0.717, 1.165) is 0 Å². The van der Waals surface area contributed by atoms with Crippen molar-refractivity contribution in [1.82, 2.24) is 5.32 Å². The van der Waals surface area contributed by atoms with Crippen molar-refractivity contribution in [2.24, 2.45) is 0 Å². The molecule has 1 amide bonds. The monoisotopic (exact) mass is 523 g/mol. The Morgan fingerprint density at radius 3 is 1.89 bits per heavy atom. The molecule has 36 heavy (non-hydrogen) atoms. The predicted molar refractivity (Wildman–Crippen MR) is 120 cm³/mol. The van der Waals surface area contributed by atoms with Gasteiger partial charge in [-0.05, 0) is 6.92 Å². The zero-order valence-electron chi connectivity index (χ0n) is 21.1. The van der Waals surface area contributed by atoms with E-state index in [-0.39, 0.29) is 52.9 Å². The normalized spacial score (nSPS) is 23.6. The fourth-order valence-electron chi connectivity index (χ4n) is 3.29.